The fraction of sp³-hybridized carbons (Fsp3) is 0.750. The van der Waals surface area contributed by atoms with Gasteiger partial charge in [0.05, 0.1) is 6.61 Å². The highest BCUT2D eigenvalue weighted by Gasteiger charge is 2.36. The van der Waals surface area contributed by atoms with E-state index in [9.17, 15) is 19.7 Å². The van der Waals surface area contributed by atoms with E-state index in [-0.39, 0.29) is 19.6 Å². The lowest BCUT2D eigenvalue weighted by atomic mass is 10.0. The number of nitrogens with zero attached hydrogens (tertiary/aromatic N) is 2. The Morgan fingerprint density at radius 3 is 2.41 bits per heavy atom. The van der Waals surface area contributed by atoms with E-state index in [0.717, 1.165) is 4.90 Å². The van der Waals surface area contributed by atoms with Crippen LogP contribution in [0, 0.1) is 10.1 Å². The Balaban J connectivity index is 4.41. The van der Waals surface area contributed by atoms with Crippen LogP contribution in [-0.2, 0) is 9.63 Å². The van der Waals surface area contributed by atoms with Gasteiger partial charge in [0.2, 0.25) is 0 Å². The Kier molecular flexibility index (Phi) is 5.16. The Morgan fingerprint density at radius 2 is 2.06 bits per heavy atom. The Morgan fingerprint density at radius 1 is 1.53 bits per heavy atom. The van der Waals surface area contributed by atoms with Crippen molar-refractivity contribution in [1.29, 1.82) is 0 Å². The van der Waals surface area contributed by atoms with E-state index in [4.69, 9.17) is 10.8 Å². The number of primary amides is 1. The summed E-state index contributed by atoms with van der Waals surface area (Å²) in [5.74, 6) is -1.22. The molecule has 0 rings (SSSR count). The molecular weight excluding hydrogens is 234 g/mol. The molecule has 0 saturated carbocycles. The number of rotatable bonds is 7. The molecule has 0 aliphatic heterocycles. The van der Waals surface area contributed by atoms with E-state index in [1.165, 1.54) is 13.8 Å². The third kappa shape index (κ3) is 4.53. The summed E-state index contributed by atoms with van der Waals surface area (Å²) in [6, 6.07) is -0.904. The summed E-state index contributed by atoms with van der Waals surface area (Å²) >= 11 is 0. The Bertz CT molecular complexity index is 316. The molecule has 0 radical (unpaired) electrons. The van der Waals surface area contributed by atoms with Crippen LogP contribution in [0.15, 0.2) is 0 Å². The number of amides is 2. The summed E-state index contributed by atoms with van der Waals surface area (Å²) in [5, 5.41) is 17.8. The first kappa shape index (κ1) is 14.9. The number of carboxylic acids is 1. The van der Waals surface area contributed by atoms with Crippen molar-refractivity contribution in [3.05, 3.63) is 10.1 Å². The van der Waals surface area contributed by atoms with Gasteiger partial charge in [-0.25, -0.2) is 9.59 Å². The lowest BCUT2D eigenvalue weighted by molar-refractivity contribution is -0.757. The van der Waals surface area contributed by atoms with E-state index >= 15 is 0 Å². The molecule has 0 aliphatic carbocycles. The third-order valence-corrected chi connectivity index (χ3v) is 2.19. The molecule has 0 unspecified atom stereocenters. The van der Waals surface area contributed by atoms with Gasteiger partial charge in [-0.2, -0.15) is 0 Å². The average molecular weight is 249 g/mol. The summed E-state index contributed by atoms with van der Waals surface area (Å²) in [5.41, 5.74) is 3.58. The van der Waals surface area contributed by atoms with Crippen LogP contribution in [0.4, 0.5) is 4.79 Å². The molecule has 0 aromatic heterocycles. The van der Waals surface area contributed by atoms with Crippen LogP contribution in [0.1, 0.15) is 20.3 Å². The van der Waals surface area contributed by atoms with Crippen molar-refractivity contribution < 1.29 is 24.6 Å². The zero-order valence-electron chi connectivity index (χ0n) is 9.58. The first-order valence-electron chi connectivity index (χ1n) is 4.77. The zero-order valence-corrected chi connectivity index (χ0v) is 9.58. The van der Waals surface area contributed by atoms with Crippen LogP contribution in [0.2, 0.25) is 0 Å². The number of urea groups is 1. The SMILES string of the molecule is CC(C)(C(=O)O)N(CCCO[N+](=O)[O-])C(N)=O. The molecule has 0 heterocycles. The number of aliphatic carboxylic acids is 1. The van der Waals surface area contributed by atoms with Crippen molar-refractivity contribution >= 4 is 12.0 Å². The fourth-order valence-corrected chi connectivity index (χ4v) is 1.14. The highest BCUT2D eigenvalue weighted by Crippen LogP contribution is 2.14. The summed E-state index contributed by atoms with van der Waals surface area (Å²) < 4.78 is 0. The topological polar surface area (TPSA) is 136 Å². The molecular formula is C8H15N3O6. The third-order valence-electron chi connectivity index (χ3n) is 2.19. The molecule has 0 aromatic rings. The fourth-order valence-electron chi connectivity index (χ4n) is 1.14. The molecule has 0 fully saturated rings. The minimum absolute atomic E-state index is 0.0392. The van der Waals surface area contributed by atoms with Gasteiger partial charge in [0, 0.05) is 6.54 Å². The maximum atomic E-state index is 11.1. The molecule has 2 amide bonds. The van der Waals surface area contributed by atoms with Gasteiger partial charge < -0.3 is 20.6 Å². The minimum Gasteiger partial charge on any atom is -0.480 e. The Labute approximate surface area is 97.2 Å². The minimum atomic E-state index is -1.47. The van der Waals surface area contributed by atoms with Gasteiger partial charge in [0.25, 0.3) is 5.09 Å². The normalized spacial score (nSPS) is 10.7. The zero-order chi connectivity index (χ0) is 13.6. The second-order valence-electron chi connectivity index (χ2n) is 3.76. The van der Waals surface area contributed by atoms with Gasteiger partial charge in [0.15, 0.2) is 0 Å². The van der Waals surface area contributed by atoms with Gasteiger partial charge >= 0.3 is 12.0 Å². The van der Waals surface area contributed by atoms with E-state index in [0.29, 0.717) is 0 Å². The molecule has 3 N–H and O–H groups in total. The largest absolute Gasteiger partial charge is 0.480 e. The highest BCUT2D eigenvalue weighted by molar-refractivity contribution is 5.84. The molecule has 9 heteroatoms. The molecule has 17 heavy (non-hydrogen) atoms. The monoisotopic (exact) mass is 249 g/mol. The average Bonchev–Trinajstić information content (AvgIpc) is 2.15. The van der Waals surface area contributed by atoms with Crippen molar-refractivity contribution in [3.63, 3.8) is 0 Å². The number of carbonyl (C=O) groups excluding carboxylic acids is 1. The van der Waals surface area contributed by atoms with E-state index in [1.54, 1.807) is 0 Å². The number of hydrogen-bond donors (Lipinski definition) is 2. The lowest BCUT2D eigenvalue weighted by Gasteiger charge is -2.33. The summed E-state index contributed by atoms with van der Waals surface area (Å²) in [4.78, 5) is 36.8. The van der Waals surface area contributed by atoms with Crippen LogP contribution in [0.5, 0.6) is 0 Å². The predicted octanol–water partition coefficient (Wildman–Crippen LogP) is -0.171. The van der Waals surface area contributed by atoms with Crippen molar-refractivity contribution in [2.75, 3.05) is 13.2 Å². The smallest absolute Gasteiger partial charge is 0.329 e. The van der Waals surface area contributed by atoms with E-state index < -0.39 is 22.6 Å². The molecule has 0 aliphatic rings. The van der Waals surface area contributed by atoms with Crippen LogP contribution in [-0.4, -0.2) is 45.8 Å². The quantitative estimate of drug-likeness (QED) is 0.365. The molecule has 9 nitrogen and oxygen atoms in total. The number of carboxylic acid groups (broad SMARTS) is 1. The summed E-state index contributed by atoms with van der Waals surface area (Å²) in [6.07, 6.45) is 0.112. The second kappa shape index (κ2) is 5.87. The Hall–Kier alpha value is -2.06. The van der Waals surface area contributed by atoms with Gasteiger partial charge in [-0.1, -0.05) is 0 Å². The van der Waals surface area contributed by atoms with E-state index in [1.807, 2.05) is 0 Å². The molecule has 0 saturated heterocycles. The van der Waals surface area contributed by atoms with Crippen LogP contribution < -0.4 is 5.73 Å². The number of nitrogens with two attached hydrogens (primary N) is 1. The van der Waals surface area contributed by atoms with Crippen molar-refractivity contribution in [1.82, 2.24) is 4.90 Å². The number of hydrogen-bond acceptors (Lipinski definition) is 5. The van der Waals surface area contributed by atoms with Crippen LogP contribution in [0.3, 0.4) is 0 Å². The molecule has 0 spiro atoms. The summed E-state index contributed by atoms with van der Waals surface area (Å²) in [7, 11) is 0. The van der Waals surface area contributed by atoms with Crippen molar-refractivity contribution in [3.8, 4) is 0 Å². The molecule has 0 aromatic carbocycles. The second-order valence-corrected chi connectivity index (χ2v) is 3.76. The van der Waals surface area contributed by atoms with Crippen molar-refractivity contribution in [2.45, 2.75) is 25.8 Å². The molecule has 0 bridgehead atoms. The molecule has 98 valence electrons. The number of carbonyl (C=O) groups is 2. The first-order chi connectivity index (χ1) is 7.69. The maximum Gasteiger partial charge on any atom is 0.329 e. The highest BCUT2D eigenvalue weighted by atomic mass is 16.9. The lowest BCUT2D eigenvalue weighted by Crippen LogP contribution is -2.55. The van der Waals surface area contributed by atoms with Gasteiger partial charge in [0.1, 0.15) is 5.54 Å². The van der Waals surface area contributed by atoms with Gasteiger partial charge in [-0.3, -0.25) is 0 Å². The van der Waals surface area contributed by atoms with Crippen LogP contribution in [0.25, 0.3) is 0 Å². The van der Waals surface area contributed by atoms with Crippen LogP contribution >= 0.6 is 0 Å². The van der Waals surface area contributed by atoms with Crippen molar-refractivity contribution in [2.24, 2.45) is 5.73 Å². The standard InChI is InChI=1S/C8H15N3O6/c1-8(2,6(12)13)10(7(9)14)4-3-5-17-11(15)16/h3-5H2,1-2H3,(H2,9,14)(H,12,13). The first-order valence-corrected chi connectivity index (χ1v) is 4.77. The summed E-state index contributed by atoms with van der Waals surface area (Å²) in [6.45, 7) is 2.36. The van der Waals surface area contributed by atoms with E-state index in [2.05, 4.69) is 4.84 Å². The maximum absolute atomic E-state index is 11.1. The van der Waals surface area contributed by atoms with Gasteiger partial charge in [-0.15, -0.1) is 10.1 Å². The molecule has 0 atom stereocenters. The predicted molar refractivity (Wildman–Crippen MR) is 55.6 cm³/mol. The van der Waals surface area contributed by atoms with Gasteiger partial charge in [-0.05, 0) is 20.3 Å².